The maximum atomic E-state index is 12.5. The van der Waals surface area contributed by atoms with Crippen LogP contribution in [0, 0.1) is 6.92 Å². The standard InChI is InChI=1S/C25H23Cl2N3O4S3/c1-4-11-35-24-21(16-9-10-18(26)19(27)13-16)28-25(36-24)30-22(23(31)32)17(14(2)29-30)12-15-7-5-6-8-20(15)37(3,33)34/h5-10,13H,4,11-12H2,1-3H3,(H,31,32). The molecule has 2 aromatic carbocycles. The lowest BCUT2D eigenvalue weighted by Gasteiger charge is -2.08. The number of aryl methyl sites for hydroxylation is 1. The van der Waals surface area contributed by atoms with Gasteiger partial charge in [0.05, 0.1) is 30.5 Å². The van der Waals surface area contributed by atoms with Crippen LogP contribution in [0.3, 0.4) is 0 Å². The van der Waals surface area contributed by atoms with Crippen molar-refractivity contribution >= 4 is 62.1 Å². The minimum atomic E-state index is -3.50. The van der Waals surface area contributed by atoms with Gasteiger partial charge in [-0.15, -0.1) is 11.8 Å². The van der Waals surface area contributed by atoms with Crippen LogP contribution in [0.1, 0.15) is 40.7 Å². The number of halogens is 2. The largest absolute Gasteiger partial charge is 0.476 e. The van der Waals surface area contributed by atoms with E-state index >= 15 is 0 Å². The van der Waals surface area contributed by atoms with E-state index in [1.54, 1.807) is 49.0 Å². The molecule has 194 valence electrons. The first-order valence-electron chi connectivity index (χ1n) is 11.2. The predicted octanol–water partition coefficient (Wildman–Crippen LogP) is 6.81. The summed E-state index contributed by atoms with van der Waals surface area (Å²) in [6, 6.07) is 11.8. The van der Waals surface area contributed by atoms with Crippen LogP contribution in [-0.2, 0) is 16.3 Å². The molecule has 0 aliphatic heterocycles. The molecular formula is C25H23Cl2N3O4S3. The molecule has 0 aliphatic rings. The molecule has 0 spiro atoms. The van der Waals surface area contributed by atoms with Crippen molar-refractivity contribution in [1.82, 2.24) is 14.8 Å². The number of nitrogens with zero attached hydrogens (tertiary/aromatic N) is 3. The average molecular weight is 597 g/mol. The number of hydrogen-bond acceptors (Lipinski definition) is 7. The molecule has 2 aromatic heterocycles. The molecule has 12 heteroatoms. The third kappa shape index (κ3) is 5.88. The molecule has 0 radical (unpaired) electrons. The minimum Gasteiger partial charge on any atom is -0.476 e. The first-order chi connectivity index (χ1) is 17.5. The highest BCUT2D eigenvalue weighted by Crippen LogP contribution is 2.40. The molecule has 0 fully saturated rings. The Bertz CT molecular complexity index is 1600. The molecule has 1 N–H and O–H groups in total. The van der Waals surface area contributed by atoms with E-state index in [-0.39, 0.29) is 17.0 Å². The maximum absolute atomic E-state index is 12.5. The zero-order chi connectivity index (χ0) is 26.9. The number of sulfone groups is 1. The van der Waals surface area contributed by atoms with E-state index < -0.39 is 15.8 Å². The van der Waals surface area contributed by atoms with E-state index in [4.69, 9.17) is 28.2 Å². The van der Waals surface area contributed by atoms with Gasteiger partial charge in [-0.3, -0.25) is 0 Å². The summed E-state index contributed by atoms with van der Waals surface area (Å²) < 4.78 is 26.9. The van der Waals surface area contributed by atoms with Crippen molar-refractivity contribution in [3.63, 3.8) is 0 Å². The summed E-state index contributed by atoms with van der Waals surface area (Å²) >= 11 is 15.3. The second kappa shape index (κ2) is 11.2. The highest BCUT2D eigenvalue weighted by molar-refractivity contribution is 8.01. The number of rotatable bonds is 9. The van der Waals surface area contributed by atoms with E-state index in [0.717, 1.165) is 28.2 Å². The Morgan fingerprint density at radius 1 is 1.16 bits per heavy atom. The molecule has 0 unspecified atom stereocenters. The van der Waals surface area contributed by atoms with Gasteiger partial charge in [-0.25, -0.2) is 18.2 Å². The summed E-state index contributed by atoms with van der Waals surface area (Å²) in [5.41, 5.74) is 2.80. The topological polar surface area (TPSA) is 102 Å². The molecule has 2 heterocycles. The quantitative estimate of drug-likeness (QED) is 0.212. The molecule has 4 aromatic rings. The summed E-state index contributed by atoms with van der Waals surface area (Å²) in [5.74, 6) is -0.325. The van der Waals surface area contributed by atoms with Gasteiger partial charge in [-0.1, -0.05) is 65.7 Å². The minimum absolute atomic E-state index is 0.0534. The van der Waals surface area contributed by atoms with Crippen molar-refractivity contribution in [2.75, 3.05) is 12.0 Å². The van der Waals surface area contributed by atoms with Gasteiger partial charge in [0.15, 0.2) is 15.5 Å². The van der Waals surface area contributed by atoms with Gasteiger partial charge < -0.3 is 5.11 Å². The molecule has 0 saturated carbocycles. The fourth-order valence-electron chi connectivity index (χ4n) is 3.84. The van der Waals surface area contributed by atoms with Crippen LogP contribution in [0.25, 0.3) is 16.4 Å². The second-order valence-electron chi connectivity index (χ2n) is 8.30. The fraction of sp³-hybridized carbons (Fsp3) is 0.240. The second-order valence-corrected chi connectivity index (χ2v) is 13.4. The lowest BCUT2D eigenvalue weighted by molar-refractivity contribution is 0.0686. The van der Waals surface area contributed by atoms with Crippen molar-refractivity contribution in [2.45, 2.75) is 35.8 Å². The van der Waals surface area contributed by atoms with E-state index in [2.05, 4.69) is 12.0 Å². The lowest BCUT2D eigenvalue weighted by Crippen LogP contribution is -2.11. The molecular weight excluding hydrogens is 573 g/mol. The van der Waals surface area contributed by atoms with E-state index in [9.17, 15) is 18.3 Å². The van der Waals surface area contributed by atoms with Crippen LogP contribution < -0.4 is 0 Å². The zero-order valence-electron chi connectivity index (χ0n) is 20.2. The molecule has 4 rings (SSSR count). The number of benzene rings is 2. The molecule has 7 nitrogen and oxygen atoms in total. The summed E-state index contributed by atoms with van der Waals surface area (Å²) in [7, 11) is -3.50. The predicted molar refractivity (Wildman–Crippen MR) is 150 cm³/mol. The number of aromatic nitrogens is 3. The Kier molecular flexibility index (Phi) is 8.35. The zero-order valence-corrected chi connectivity index (χ0v) is 24.1. The third-order valence-corrected chi connectivity index (χ3v) is 9.96. The average Bonchev–Trinajstić information content (AvgIpc) is 3.40. The Hall–Kier alpha value is -2.37. The van der Waals surface area contributed by atoms with E-state index in [0.29, 0.717) is 37.7 Å². The number of thiazole rings is 1. The van der Waals surface area contributed by atoms with Gasteiger partial charge in [-0.2, -0.15) is 9.78 Å². The van der Waals surface area contributed by atoms with Crippen LogP contribution in [0.4, 0.5) is 0 Å². The smallest absolute Gasteiger partial charge is 0.355 e. The van der Waals surface area contributed by atoms with Crippen LogP contribution >= 0.6 is 46.3 Å². The number of carboxylic acid groups (broad SMARTS) is 1. The first-order valence-corrected chi connectivity index (χ1v) is 15.6. The van der Waals surface area contributed by atoms with Crippen molar-refractivity contribution in [1.29, 1.82) is 0 Å². The SMILES string of the molecule is CCCSc1sc(-n2nc(C)c(Cc3ccccc3S(C)(=O)=O)c2C(=O)O)nc1-c1ccc(Cl)c(Cl)c1. The van der Waals surface area contributed by atoms with Crippen molar-refractivity contribution < 1.29 is 18.3 Å². The van der Waals surface area contributed by atoms with Gasteiger partial charge in [-0.05, 0) is 42.9 Å². The Morgan fingerprint density at radius 2 is 1.89 bits per heavy atom. The van der Waals surface area contributed by atoms with Crippen LogP contribution in [0.5, 0.6) is 0 Å². The third-order valence-electron chi connectivity index (χ3n) is 5.52. The summed E-state index contributed by atoms with van der Waals surface area (Å²) in [6.07, 6.45) is 2.18. The first kappa shape index (κ1) is 27.7. The number of thioether (sulfide) groups is 1. The lowest BCUT2D eigenvalue weighted by atomic mass is 10.0. The van der Waals surface area contributed by atoms with Crippen molar-refractivity contribution in [3.05, 3.63) is 75.0 Å². The van der Waals surface area contributed by atoms with Gasteiger partial charge in [0.25, 0.3) is 0 Å². The monoisotopic (exact) mass is 595 g/mol. The van der Waals surface area contributed by atoms with Gasteiger partial charge in [0.1, 0.15) is 0 Å². The summed E-state index contributed by atoms with van der Waals surface area (Å²) in [6.45, 7) is 3.79. The molecule has 37 heavy (non-hydrogen) atoms. The van der Waals surface area contributed by atoms with Crippen LogP contribution in [-0.4, -0.2) is 46.3 Å². The maximum Gasteiger partial charge on any atom is 0.355 e. The van der Waals surface area contributed by atoms with E-state index in [1.165, 1.54) is 22.1 Å². The number of carbonyl (C=O) groups is 1. The van der Waals surface area contributed by atoms with Gasteiger partial charge in [0.2, 0.25) is 5.13 Å². The number of aromatic carboxylic acids is 1. The van der Waals surface area contributed by atoms with Gasteiger partial charge >= 0.3 is 5.97 Å². The van der Waals surface area contributed by atoms with Crippen LogP contribution in [0.2, 0.25) is 10.0 Å². The summed E-state index contributed by atoms with van der Waals surface area (Å²) in [4.78, 5) is 17.4. The fourth-order valence-corrected chi connectivity index (χ4v) is 7.26. The van der Waals surface area contributed by atoms with Crippen molar-refractivity contribution in [2.24, 2.45) is 0 Å². The molecule has 0 bridgehead atoms. The Morgan fingerprint density at radius 3 is 2.54 bits per heavy atom. The molecule has 0 amide bonds. The molecule has 0 aliphatic carbocycles. The highest BCUT2D eigenvalue weighted by atomic mass is 35.5. The van der Waals surface area contributed by atoms with Crippen molar-refractivity contribution in [3.8, 4) is 16.4 Å². The highest BCUT2D eigenvalue weighted by Gasteiger charge is 2.27. The molecule has 0 saturated heterocycles. The molecule has 0 atom stereocenters. The van der Waals surface area contributed by atoms with E-state index in [1.807, 2.05) is 6.07 Å². The van der Waals surface area contributed by atoms with Crippen LogP contribution in [0.15, 0.2) is 51.6 Å². The summed E-state index contributed by atoms with van der Waals surface area (Å²) in [5, 5.41) is 15.9. The Balaban J connectivity index is 1.86. The number of hydrogen-bond donors (Lipinski definition) is 1. The number of carboxylic acids is 1. The van der Waals surface area contributed by atoms with Gasteiger partial charge in [0, 0.05) is 23.8 Å². The normalized spacial score (nSPS) is 11.7. The Labute approximate surface area is 233 Å².